The van der Waals surface area contributed by atoms with E-state index in [4.69, 9.17) is 24.7 Å². The van der Waals surface area contributed by atoms with E-state index in [1.165, 1.54) is 52.8 Å². The van der Waals surface area contributed by atoms with Crippen LogP contribution in [0.2, 0.25) is 0 Å². The van der Waals surface area contributed by atoms with Crippen molar-refractivity contribution >= 4 is 0 Å². The van der Waals surface area contributed by atoms with E-state index in [2.05, 4.69) is 85.7 Å². The molecule has 0 unspecified atom stereocenters. The van der Waals surface area contributed by atoms with Gasteiger partial charge < -0.3 is 0 Å². The molecule has 15 rings (SSSR count). The number of aromatic nitrogens is 5. The van der Waals surface area contributed by atoms with E-state index in [-0.39, 0.29) is 24.8 Å². The van der Waals surface area contributed by atoms with Crippen LogP contribution in [0.15, 0.2) is 164 Å². The first-order chi connectivity index (χ1) is 50.3. The summed E-state index contributed by atoms with van der Waals surface area (Å²) in [5.74, 6) is 0. The summed E-state index contributed by atoms with van der Waals surface area (Å²) in [7, 11) is 9.83. The number of aryl methyl sites for hydroxylation is 20. The molecule has 0 bridgehead atoms. The molecule has 0 aliphatic heterocycles. The fourth-order valence-corrected chi connectivity index (χ4v) is 13.4. The maximum absolute atomic E-state index is 8.48. The summed E-state index contributed by atoms with van der Waals surface area (Å²) in [6, 6.07) is 42.5. The molecule has 5 aromatic heterocycles. The van der Waals surface area contributed by atoms with E-state index in [0.29, 0.717) is 46.4 Å². The first-order valence-electron chi connectivity index (χ1n) is 40.9. The van der Waals surface area contributed by atoms with Crippen molar-refractivity contribution in [3.63, 3.8) is 0 Å². The Morgan fingerprint density at radius 1 is 0.300 bits per heavy atom. The summed E-state index contributed by atoms with van der Waals surface area (Å²) in [6.07, 6.45) is 8.51. The highest BCUT2D eigenvalue weighted by Gasteiger charge is 2.28. The van der Waals surface area contributed by atoms with Crippen molar-refractivity contribution in [1.82, 2.24) is 0 Å². The zero-order valence-electron chi connectivity index (χ0n) is 72.6. The molecule has 0 fully saturated rings. The smallest absolute Gasteiger partial charge is 0.201 e. The summed E-state index contributed by atoms with van der Waals surface area (Å²) < 4.78 is 155. The van der Waals surface area contributed by atoms with E-state index in [1.54, 1.807) is 78.3 Å². The molecular weight excluding hydrogens is 1090 g/mol. The van der Waals surface area contributed by atoms with Gasteiger partial charge in [0.2, 0.25) is 28.5 Å². The van der Waals surface area contributed by atoms with Gasteiger partial charge in [-0.05, 0) is 250 Å². The molecule has 0 amide bonds. The van der Waals surface area contributed by atoms with Crippen LogP contribution in [-0.2, 0) is 99.2 Å². The standard InChI is InChI=1S/2C18H22N.C17H20N.2C16H18N/c1-13-8-9-17(14(2)10-13)18-11-15-6-4-5-7-16(15)12-19(18)3;1-13-8-9-16(14(2)12-13)18-17-7-5-4-6-15(17)10-11-19(18)3;1-12-7-8-15(13(2)11-12)17-16-6-4-5-14(16)9-10-18(17)3;1-12-6-3-4-9-15(12)16-10-13-7-5-8-14(13)11-17(16)2;1-12-6-3-4-8-14(12)16-15-9-5-7-13(15)10-11-17(16)2/h2*8-12H,4-7H2,1-3H3;7-11H,4-6H2,1-3H3;3-4,6,9-11H,5,7-8H2,1-2H3;3-4,6,8,10-11H,5,7,9H2,1-2H3/q5*+1/i1D3,6D2;1D3,6D2,7D2;;7D2;7D2,9D2. The van der Waals surface area contributed by atoms with Crippen molar-refractivity contribution in [3.8, 4) is 56.3 Å². The lowest BCUT2D eigenvalue weighted by Crippen LogP contribution is -2.33. The zero-order chi connectivity index (χ0) is 78.9. The molecule has 5 aliphatic carbocycles. The number of rotatable bonds is 5. The van der Waals surface area contributed by atoms with Crippen molar-refractivity contribution in [1.29, 1.82) is 0 Å². The predicted octanol–water partition coefficient (Wildman–Crippen LogP) is 16.6. The minimum Gasteiger partial charge on any atom is -0.201 e. The zero-order valence-corrected chi connectivity index (χ0v) is 54.6. The molecule has 90 heavy (non-hydrogen) atoms. The molecule has 5 heteroatoms. The molecule has 0 spiro atoms. The minimum atomic E-state index is -2.20. The molecule has 5 aliphatic rings. The normalized spacial score (nSPS) is 20.6. The van der Waals surface area contributed by atoms with Gasteiger partial charge >= 0.3 is 0 Å². The molecular formula is C85H100N5+5. The first kappa shape index (κ1) is 44.3. The van der Waals surface area contributed by atoms with Crippen molar-refractivity contribution in [2.45, 2.75) is 164 Å². The third kappa shape index (κ3) is 14.1. The average molecular weight is 1210 g/mol. The second kappa shape index (κ2) is 28.3. The number of fused-ring (bicyclic) bond motifs is 5. The van der Waals surface area contributed by atoms with Gasteiger partial charge in [0.15, 0.2) is 31.0 Å². The van der Waals surface area contributed by atoms with Gasteiger partial charge in [0.25, 0.3) is 0 Å². The average Bonchev–Trinajstić information content (AvgIpc) is 1.23. The van der Waals surface area contributed by atoms with Gasteiger partial charge in [-0.15, -0.1) is 0 Å². The lowest BCUT2D eigenvalue weighted by atomic mass is 9.87. The fourth-order valence-electron chi connectivity index (χ4n) is 13.4. The minimum absolute atomic E-state index is 0.108. The quantitative estimate of drug-likeness (QED) is 0.153. The molecule has 0 saturated carbocycles. The largest absolute Gasteiger partial charge is 0.216 e. The van der Waals surface area contributed by atoms with Crippen LogP contribution in [0.4, 0.5) is 0 Å². The van der Waals surface area contributed by atoms with Crippen LogP contribution in [0.25, 0.3) is 56.3 Å². The first-order valence-corrected chi connectivity index (χ1v) is 31.9. The Bertz CT molecular complexity index is 5110. The highest BCUT2D eigenvalue weighted by molar-refractivity contribution is 5.69. The SMILES string of the molecule is Cc1ccc(-c2c3c(cc[n+]2C)CCC3)c(C)c1.[2H]C([2H])([2H])c1ccc(-c2c3c(cc[n+]2C)C([2H])([2H])CCC3([2H])[2H])c(C)c1.[2H]C([2H])([2H])c1ccc(-c2cc3c(c[n+]2C)CCCC3([2H])[2H])c(C)c1.[2H]C1([2H])CC([2H])([2H])c2c1cc[n+](C)c2-c1ccccc1C.[2H]C1([2H])CCc2c[n+](C)c(-c3ccccc3C)cc21. The Balaban J connectivity index is 0.000000135. The summed E-state index contributed by atoms with van der Waals surface area (Å²) in [4.78, 5) is 0. The Labute approximate surface area is 565 Å². The molecule has 5 nitrogen and oxygen atoms in total. The Hall–Kier alpha value is -8.15. The van der Waals surface area contributed by atoms with Gasteiger partial charge in [-0.2, -0.15) is 0 Å². The molecule has 5 aromatic carbocycles. The lowest BCUT2D eigenvalue weighted by molar-refractivity contribution is -0.661. The maximum atomic E-state index is 8.48. The second-order valence-electron chi connectivity index (χ2n) is 24.8. The van der Waals surface area contributed by atoms with Crippen LogP contribution >= 0.6 is 0 Å². The number of hydrogen-bond donors (Lipinski definition) is 0. The van der Waals surface area contributed by atoms with Gasteiger partial charge in [0.05, 0.1) is 0 Å². The highest BCUT2D eigenvalue weighted by atomic mass is 14.9. The van der Waals surface area contributed by atoms with Crippen LogP contribution < -0.4 is 22.8 Å². The van der Waals surface area contributed by atoms with Crippen molar-refractivity contribution < 1.29 is 47.5 Å². The van der Waals surface area contributed by atoms with Crippen molar-refractivity contribution in [2.75, 3.05) is 0 Å². The summed E-state index contributed by atoms with van der Waals surface area (Å²) in [5, 5.41) is 0. The van der Waals surface area contributed by atoms with Gasteiger partial charge in [0, 0.05) is 111 Å². The molecule has 460 valence electrons. The van der Waals surface area contributed by atoms with Gasteiger partial charge in [-0.25, -0.2) is 22.8 Å². The van der Waals surface area contributed by atoms with E-state index in [1.807, 2.05) is 111 Å². The van der Waals surface area contributed by atoms with Crippen LogP contribution in [0.3, 0.4) is 0 Å². The van der Waals surface area contributed by atoms with Gasteiger partial charge in [0.1, 0.15) is 35.2 Å². The van der Waals surface area contributed by atoms with Crippen LogP contribution in [0, 0.1) is 55.2 Å². The van der Waals surface area contributed by atoms with Gasteiger partial charge in [-0.1, -0.05) is 89.5 Å². The monoisotopic (exact) mass is 1210 g/mol. The van der Waals surface area contributed by atoms with E-state index < -0.39 is 51.9 Å². The molecule has 5 heterocycles. The van der Waals surface area contributed by atoms with Crippen molar-refractivity contribution in [3.05, 3.63) is 265 Å². The Morgan fingerprint density at radius 2 is 0.700 bits per heavy atom. The third-order valence-corrected chi connectivity index (χ3v) is 18.1. The Morgan fingerprint density at radius 3 is 1.26 bits per heavy atom. The van der Waals surface area contributed by atoms with Gasteiger partial charge in [-0.3, -0.25) is 0 Å². The molecule has 0 saturated heterocycles. The number of nitrogens with zero attached hydrogens (tertiary/aromatic N) is 5. The molecule has 0 radical (unpaired) electrons. The number of benzene rings is 5. The van der Waals surface area contributed by atoms with Crippen LogP contribution in [0.5, 0.6) is 0 Å². The summed E-state index contributed by atoms with van der Waals surface area (Å²) in [6.45, 7) is 7.86. The van der Waals surface area contributed by atoms with E-state index in [9.17, 15) is 0 Å². The molecule has 0 N–H and O–H groups in total. The molecule has 0 atom stereocenters. The lowest BCUT2D eigenvalue weighted by Gasteiger charge is -2.18. The maximum Gasteiger partial charge on any atom is 0.216 e. The van der Waals surface area contributed by atoms with E-state index >= 15 is 0 Å². The summed E-state index contributed by atoms with van der Waals surface area (Å²) >= 11 is 0. The predicted molar refractivity (Wildman–Crippen MR) is 373 cm³/mol. The van der Waals surface area contributed by atoms with Crippen LogP contribution in [-0.4, -0.2) is 0 Å². The highest BCUT2D eigenvalue weighted by Crippen LogP contribution is 2.35. The third-order valence-electron chi connectivity index (χ3n) is 18.1. The fraction of sp³-hybridized carbons (Fsp3) is 0.353. The second-order valence-corrected chi connectivity index (χ2v) is 24.8. The number of hydrogen-bond acceptors (Lipinski definition) is 0. The molecule has 10 aromatic rings. The van der Waals surface area contributed by atoms with E-state index in [0.717, 1.165) is 92.0 Å². The Kier molecular flexibility index (Phi) is 14.0. The number of pyridine rings is 5. The topological polar surface area (TPSA) is 19.4 Å². The summed E-state index contributed by atoms with van der Waals surface area (Å²) in [5.41, 5.74) is 25.8. The van der Waals surface area contributed by atoms with Crippen LogP contribution in [0.1, 0.15) is 170 Å². The van der Waals surface area contributed by atoms with Crippen molar-refractivity contribution in [2.24, 2.45) is 35.2 Å².